The van der Waals surface area contributed by atoms with Crippen molar-refractivity contribution < 1.29 is 0 Å². The van der Waals surface area contributed by atoms with Gasteiger partial charge in [0, 0.05) is 28.6 Å². The van der Waals surface area contributed by atoms with Gasteiger partial charge in [0.05, 0.1) is 0 Å². The van der Waals surface area contributed by atoms with Gasteiger partial charge < -0.3 is 11.5 Å². The molecule has 0 saturated heterocycles. The van der Waals surface area contributed by atoms with Gasteiger partial charge in [-0.25, -0.2) is 4.98 Å². The van der Waals surface area contributed by atoms with Crippen LogP contribution in [0, 0.1) is 6.92 Å². The fourth-order valence-corrected chi connectivity index (χ4v) is 2.28. The molecule has 0 aliphatic rings. The van der Waals surface area contributed by atoms with E-state index in [0.717, 1.165) is 29.8 Å². The van der Waals surface area contributed by atoms with Crippen LogP contribution in [0.4, 0.5) is 11.8 Å². The SMILES string of the molecule is Cc1nc(N)nc(N)c1CCC(C)(C)c1ccccn1. The first-order chi connectivity index (χ1) is 9.40. The average molecular weight is 271 g/mol. The third kappa shape index (κ3) is 3.04. The van der Waals surface area contributed by atoms with E-state index in [-0.39, 0.29) is 11.4 Å². The van der Waals surface area contributed by atoms with Crippen molar-refractivity contribution in [3.63, 3.8) is 0 Å². The van der Waals surface area contributed by atoms with Crippen molar-refractivity contribution in [2.75, 3.05) is 11.5 Å². The zero-order valence-electron chi connectivity index (χ0n) is 12.2. The number of aromatic nitrogens is 3. The molecule has 2 rings (SSSR count). The molecule has 0 aliphatic carbocycles. The normalized spacial score (nSPS) is 11.6. The van der Waals surface area contributed by atoms with Crippen molar-refractivity contribution in [2.45, 2.75) is 39.0 Å². The van der Waals surface area contributed by atoms with Crippen molar-refractivity contribution >= 4 is 11.8 Å². The van der Waals surface area contributed by atoms with E-state index in [1.54, 1.807) is 0 Å². The van der Waals surface area contributed by atoms with E-state index in [2.05, 4.69) is 34.9 Å². The quantitative estimate of drug-likeness (QED) is 0.890. The van der Waals surface area contributed by atoms with Gasteiger partial charge in [-0.2, -0.15) is 4.98 Å². The van der Waals surface area contributed by atoms with Crippen molar-refractivity contribution in [3.05, 3.63) is 41.3 Å². The minimum atomic E-state index is -0.0263. The van der Waals surface area contributed by atoms with E-state index >= 15 is 0 Å². The van der Waals surface area contributed by atoms with Gasteiger partial charge in [0.1, 0.15) is 5.82 Å². The number of aryl methyl sites for hydroxylation is 1. The Morgan fingerprint density at radius 2 is 1.90 bits per heavy atom. The number of rotatable bonds is 4. The van der Waals surface area contributed by atoms with Gasteiger partial charge in [0.15, 0.2) is 0 Å². The van der Waals surface area contributed by atoms with E-state index in [1.165, 1.54) is 0 Å². The lowest BCUT2D eigenvalue weighted by atomic mass is 9.82. The highest BCUT2D eigenvalue weighted by Gasteiger charge is 2.22. The molecule has 0 unspecified atom stereocenters. The number of hydrogen-bond donors (Lipinski definition) is 2. The maximum Gasteiger partial charge on any atom is 0.222 e. The van der Waals surface area contributed by atoms with Crippen molar-refractivity contribution in [3.8, 4) is 0 Å². The monoisotopic (exact) mass is 271 g/mol. The highest BCUT2D eigenvalue weighted by Crippen LogP contribution is 2.28. The van der Waals surface area contributed by atoms with Crippen LogP contribution in [0.25, 0.3) is 0 Å². The first kappa shape index (κ1) is 14.2. The lowest BCUT2D eigenvalue weighted by molar-refractivity contribution is 0.465. The molecule has 106 valence electrons. The van der Waals surface area contributed by atoms with Gasteiger partial charge in [0.2, 0.25) is 5.95 Å². The summed E-state index contributed by atoms with van der Waals surface area (Å²) in [5.41, 5.74) is 14.4. The van der Waals surface area contributed by atoms with Gasteiger partial charge in [-0.3, -0.25) is 4.98 Å². The molecule has 0 aromatic carbocycles. The summed E-state index contributed by atoms with van der Waals surface area (Å²) in [6.45, 7) is 6.27. The summed E-state index contributed by atoms with van der Waals surface area (Å²) in [5, 5.41) is 0. The summed E-state index contributed by atoms with van der Waals surface area (Å²) >= 11 is 0. The van der Waals surface area contributed by atoms with E-state index in [1.807, 2.05) is 25.3 Å². The molecule has 0 bridgehead atoms. The topological polar surface area (TPSA) is 90.7 Å². The second-order valence-corrected chi connectivity index (χ2v) is 5.63. The Hall–Kier alpha value is -2.17. The van der Waals surface area contributed by atoms with Gasteiger partial charge in [-0.15, -0.1) is 0 Å². The molecular weight excluding hydrogens is 250 g/mol. The Labute approximate surface area is 119 Å². The largest absolute Gasteiger partial charge is 0.383 e. The number of nitrogen functional groups attached to an aromatic ring is 2. The molecule has 0 radical (unpaired) electrons. The summed E-state index contributed by atoms with van der Waals surface area (Å²) in [5.74, 6) is 0.708. The number of hydrogen-bond acceptors (Lipinski definition) is 5. The molecule has 20 heavy (non-hydrogen) atoms. The van der Waals surface area contributed by atoms with Crippen LogP contribution in [0.2, 0.25) is 0 Å². The number of anilines is 2. The van der Waals surface area contributed by atoms with Crippen molar-refractivity contribution in [2.24, 2.45) is 0 Å². The maximum absolute atomic E-state index is 5.94. The minimum absolute atomic E-state index is 0.0263. The fourth-order valence-electron chi connectivity index (χ4n) is 2.28. The van der Waals surface area contributed by atoms with Gasteiger partial charge in [0.25, 0.3) is 0 Å². The van der Waals surface area contributed by atoms with E-state index in [9.17, 15) is 0 Å². The van der Waals surface area contributed by atoms with Crippen LogP contribution in [0.1, 0.15) is 37.2 Å². The second kappa shape index (κ2) is 5.45. The molecule has 5 nitrogen and oxygen atoms in total. The summed E-state index contributed by atoms with van der Waals surface area (Å²) in [6.07, 6.45) is 3.55. The molecule has 0 amide bonds. The molecule has 2 aromatic rings. The number of pyridine rings is 1. The van der Waals surface area contributed by atoms with E-state index in [0.29, 0.717) is 5.82 Å². The number of nitrogens with zero attached hydrogens (tertiary/aromatic N) is 3. The van der Waals surface area contributed by atoms with Crippen LogP contribution in [0.15, 0.2) is 24.4 Å². The molecule has 0 aliphatic heterocycles. The fraction of sp³-hybridized carbons (Fsp3) is 0.400. The third-order valence-corrected chi connectivity index (χ3v) is 3.62. The molecule has 0 saturated carbocycles. The third-order valence-electron chi connectivity index (χ3n) is 3.62. The van der Waals surface area contributed by atoms with Gasteiger partial charge in [-0.05, 0) is 31.9 Å². The first-order valence-corrected chi connectivity index (χ1v) is 6.70. The Kier molecular flexibility index (Phi) is 3.88. The Bertz CT molecular complexity index is 569. The second-order valence-electron chi connectivity index (χ2n) is 5.63. The van der Waals surface area contributed by atoms with Crippen LogP contribution >= 0.6 is 0 Å². The Morgan fingerprint density at radius 3 is 2.50 bits per heavy atom. The molecule has 0 spiro atoms. The highest BCUT2D eigenvalue weighted by atomic mass is 15.0. The van der Waals surface area contributed by atoms with E-state index in [4.69, 9.17) is 11.5 Å². The van der Waals surface area contributed by atoms with Gasteiger partial charge in [-0.1, -0.05) is 19.9 Å². The molecule has 5 heteroatoms. The van der Waals surface area contributed by atoms with Crippen molar-refractivity contribution in [1.82, 2.24) is 15.0 Å². The summed E-state index contributed by atoms with van der Waals surface area (Å²) in [4.78, 5) is 12.7. The Balaban J connectivity index is 2.17. The summed E-state index contributed by atoms with van der Waals surface area (Å²) in [7, 11) is 0. The number of nitrogens with two attached hydrogens (primary N) is 2. The van der Waals surface area contributed by atoms with Crippen LogP contribution in [-0.4, -0.2) is 15.0 Å². The van der Waals surface area contributed by atoms with Crippen LogP contribution in [0.5, 0.6) is 0 Å². The maximum atomic E-state index is 5.94. The lowest BCUT2D eigenvalue weighted by Crippen LogP contribution is -2.20. The predicted octanol–water partition coefficient (Wildman–Crippen LogP) is 2.25. The average Bonchev–Trinajstić information content (AvgIpc) is 2.38. The molecule has 0 atom stereocenters. The van der Waals surface area contributed by atoms with E-state index < -0.39 is 0 Å². The molecule has 4 N–H and O–H groups in total. The van der Waals surface area contributed by atoms with Crippen LogP contribution < -0.4 is 11.5 Å². The molecule has 2 aromatic heterocycles. The summed E-state index contributed by atoms with van der Waals surface area (Å²) in [6, 6.07) is 5.99. The zero-order valence-corrected chi connectivity index (χ0v) is 12.2. The zero-order chi connectivity index (χ0) is 14.8. The highest BCUT2D eigenvalue weighted by molar-refractivity contribution is 5.45. The molecular formula is C15H21N5. The summed E-state index contributed by atoms with van der Waals surface area (Å²) < 4.78 is 0. The smallest absolute Gasteiger partial charge is 0.222 e. The standard InChI is InChI=1S/C15H21N5/c1-10-11(13(16)20-14(17)19-10)7-8-15(2,3)12-6-4-5-9-18-12/h4-6,9H,7-8H2,1-3H3,(H4,16,17,19,20). The van der Waals surface area contributed by atoms with Crippen LogP contribution in [-0.2, 0) is 11.8 Å². The van der Waals surface area contributed by atoms with Crippen molar-refractivity contribution in [1.29, 1.82) is 0 Å². The Morgan fingerprint density at radius 1 is 1.15 bits per heavy atom. The molecule has 2 heterocycles. The van der Waals surface area contributed by atoms with Crippen LogP contribution in [0.3, 0.4) is 0 Å². The van der Waals surface area contributed by atoms with Gasteiger partial charge >= 0.3 is 0 Å². The lowest BCUT2D eigenvalue weighted by Gasteiger charge is -2.24. The first-order valence-electron chi connectivity index (χ1n) is 6.70. The predicted molar refractivity (Wildman–Crippen MR) is 81.2 cm³/mol. The molecule has 0 fully saturated rings. The minimum Gasteiger partial charge on any atom is -0.383 e.